The molecule has 0 spiro atoms. The number of esters is 1. The van der Waals surface area contributed by atoms with Crippen LogP contribution in [0.1, 0.15) is 13.3 Å². The van der Waals surface area contributed by atoms with Crippen molar-refractivity contribution in [3.63, 3.8) is 0 Å². The van der Waals surface area contributed by atoms with Gasteiger partial charge < -0.3 is 20.7 Å². The molecule has 80 valence electrons. The quantitative estimate of drug-likeness (QED) is 0.481. The van der Waals surface area contributed by atoms with Crippen LogP contribution in [0.25, 0.3) is 0 Å². The predicted octanol–water partition coefficient (Wildman–Crippen LogP) is -1.20. The number of hydrogen-bond donors (Lipinski definition) is 3. The Hall–Kier alpha value is -1.63. The Kier molecular flexibility index (Phi) is 4.57. The first kappa shape index (κ1) is 12.4. The van der Waals surface area contributed by atoms with E-state index >= 15 is 0 Å². The Labute approximate surface area is 79.5 Å². The number of nitrogens with two attached hydrogens (primary N) is 1. The number of ether oxygens (including phenoxy) is 1. The number of carboxylic acid groups (broad SMARTS) is 2. The molecule has 0 aliphatic rings. The first-order chi connectivity index (χ1) is 6.34. The molecule has 0 heterocycles. The summed E-state index contributed by atoms with van der Waals surface area (Å²) in [6.07, 6.45) is -1.92. The minimum atomic E-state index is -1.34. The highest BCUT2D eigenvalue weighted by molar-refractivity contribution is 5.84. The van der Waals surface area contributed by atoms with E-state index in [1.165, 1.54) is 0 Å². The van der Waals surface area contributed by atoms with Crippen LogP contribution in [0.2, 0.25) is 0 Å². The molecule has 0 aliphatic carbocycles. The van der Waals surface area contributed by atoms with Crippen LogP contribution in [0.15, 0.2) is 0 Å². The Morgan fingerprint density at radius 2 is 1.86 bits per heavy atom. The average Bonchev–Trinajstić information content (AvgIpc) is 2.02. The number of carbonyl (C=O) groups excluding carboxylic acids is 1. The van der Waals surface area contributed by atoms with Gasteiger partial charge in [-0.15, -0.1) is 0 Å². The van der Waals surface area contributed by atoms with E-state index in [1.54, 1.807) is 0 Å². The minimum absolute atomic E-state index is 0.592. The molecule has 0 amide bonds. The van der Waals surface area contributed by atoms with E-state index in [2.05, 4.69) is 4.74 Å². The van der Waals surface area contributed by atoms with Crippen molar-refractivity contribution < 1.29 is 29.3 Å². The van der Waals surface area contributed by atoms with E-state index in [4.69, 9.17) is 15.9 Å². The maximum absolute atomic E-state index is 10.9. The Bertz CT molecular complexity index is 251. The molecule has 0 aromatic rings. The molecule has 1 unspecified atom stereocenters. The normalized spacial score (nSPS) is 14.1. The van der Waals surface area contributed by atoms with Gasteiger partial charge in [-0.25, -0.2) is 4.79 Å². The van der Waals surface area contributed by atoms with E-state index < -0.39 is 36.5 Å². The van der Waals surface area contributed by atoms with Gasteiger partial charge in [0.1, 0.15) is 6.04 Å². The fourth-order valence-electron chi connectivity index (χ4n) is 0.583. The number of hydrogen-bond acceptors (Lipinski definition) is 5. The zero-order valence-corrected chi connectivity index (χ0v) is 7.47. The first-order valence-corrected chi connectivity index (χ1v) is 3.75. The molecular formula is C7H11NO6. The van der Waals surface area contributed by atoms with Crippen molar-refractivity contribution in [1.82, 2.24) is 0 Å². The summed E-state index contributed by atoms with van der Waals surface area (Å²) in [6, 6.07) is -1.34. The standard InChI is InChI=1S/C7H11NO6/c1-3(6(11)12)14-7(13)4(8)2-5(9)10/h3-4H,2,8H2,1H3,(H,9,10)(H,11,12)/t3?,4-/m0/s1. The second-order valence-electron chi connectivity index (χ2n) is 2.62. The molecule has 0 rings (SSSR count). The van der Waals surface area contributed by atoms with E-state index in [-0.39, 0.29) is 0 Å². The second-order valence-corrected chi connectivity index (χ2v) is 2.62. The zero-order chi connectivity index (χ0) is 11.3. The maximum atomic E-state index is 10.9. The van der Waals surface area contributed by atoms with Crippen LogP contribution in [-0.2, 0) is 19.1 Å². The van der Waals surface area contributed by atoms with E-state index in [0.717, 1.165) is 6.92 Å². The zero-order valence-electron chi connectivity index (χ0n) is 7.47. The molecule has 2 atom stereocenters. The van der Waals surface area contributed by atoms with Gasteiger partial charge in [-0.2, -0.15) is 0 Å². The fraction of sp³-hybridized carbons (Fsp3) is 0.571. The summed E-state index contributed by atoms with van der Waals surface area (Å²) in [6.45, 7) is 1.15. The molecule has 0 bridgehead atoms. The van der Waals surface area contributed by atoms with Gasteiger partial charge in [0.25, 0.3) is 0 Å². The summed E-state index contributed by atoms with van der Waals surface area (Å²) in [5.74, 6) is -3.61. The molecular weight excluding hydrogens is 194 g/mol. The summed E-state index contributed by atoms with van der Waals surface area (Å²) < 4.78 is 4.35. The van der Waals surface area contributed by atoms with Crippen LogP contribution in [0.4, 0.5) is 0 Å². The van der Waals surface area contributed by atoms with Crippen LogP contribution in [0.5, 0.6) is 0 Å². The lowest BCUT2D eigenvalue weighted by Crippen LogP contribution is -2.37. The molecule has 4 N–H and O–H groups in total. The predicted molar refractivity (Wildman–Crippen MR) is 43.4 cm³/mol. The third-order valence-corrected chi connectivity index (χ3v) is 1.34. The SMILES string of the molecule is CC(OC(=O)[C@@H](N)CC(=O)O)C(=O)O. The summed E-state index contributed by atoms with van der Waals surface area (Å²) in [7, 11) is 0. The van der Waals surface area contributed by atoms with Crippen molar-refractivity contribution in [3.8, 4) is 0 Å². The molecule has 0 radical (unpaired) electrons. The van der Waals surface area contributed by atoms with Crippen molar-refractivity contribution in [2.45, 2.75) is 25.5 Å². The number of rotatable bonds is 5. The van der Waals surface area contributed by atoms with E-state index in [0.29, 0.717) is 0 Å². The molecule has 0 saturated heterocycles. The first-order valence-electron chi connectivity index (χ1n) is 3.75. The van der Waals surface area contributed by atoms with Gasteiger partial charge in [-0.1, -0.05) is 0 Å². The summed E-state index contributed by atoms with van der Waals surface area (Å²) in [5, 5.41) is 16.6. The fourth-order valence-corrected chi connectivity index (χ4v) is 0.583. The Morgan fingerprint density at radius 3 is 2.21 bits per heavy atom. The average molecular weight is 205 g/mol. The monoisotopic (exact) mass is 205 g/mol. The Morgan fingerprint density at radius 1 is 1.36 bits per heavy atom. The minimum Gasteiger partial charge on any atom is -0.481 e. The molecule has 0 aromatic carbocycles. The summed E-state index contributed by atoms with van der Waals surface area (Å²) in [5.41, 5.74) is 5.12. The molecule has 0 fully saturated rings. The van der Waals surface area contributed by atoms with Crippen LogP contribution in [-0.4, -0.2) is 40.3 Å². The lowest BCUT2D eigenvalue weighted by Gasteiger charge is -2.12. The topological polar surface area (TPSA) is 127 Å². The third kappa shape index (κ3) is 4.41. The lowest BCUT2D eigenvalue weighted by molar-refractivity contribution is -0.164. The van der Waals surface area contributed by atoms with E-state index in [9.17, 15) is 14.4 Å². The van der Waals surface area contributed by atoms with Crippen molar-refractivity contribution >= 4 is 17.9 Å². The van der Waals surface area contributed by atoms with Gasteiger partial charge in [0, 0.05) is 0 Å². The van der Waals surface area contributed by atoms with E-state index in [1.807, 2.05) is 0 Å². The number of aliphatic carboxylic acids is 2. The van der Waals surface area contributed by atoms with Gasteiger partial charge in [0.15, 0.2) is 6.10 Å². The Balaban J connectivity index is 4.07. The molecule has 0 saturated carbocycles. The number of carbonyl (C=O) groups is 3. The summed E-state index contributed by atoms with van der Waals surface area (Å²) >= 11 is 0. The van der Waals surface area contributed by atoms with Gasteiger partial charge in [0.05, 0.1) is 6.42 Å². The third-order valence-electron chi connectivity index (χ3n) is 1.34. The molecule has 7 nitrogen and oxygen atoms in total. The maximum Gasteiger partial charge on any atom is 0.344 e. The smallest absolute Gasteiger partial charge is 0.344 e. The number of carboxylic acids is 2. The summed E-state index contributed by atoms with van der Waals surface area (Å²) in [4.78, 5) is 31.3. The van der Waals surface area contributed by atoms with Crippen LogP contribution in [0, 0.1) is 0 Å². The molecule has 0 aliphatic heterocycles. The molecule has 14 heavy (non-hydrogen) atoms. The van der Waals surface area contributed by atoms with Crippen molar-refractivity contribution in [2.75, 3.05) is 0 Å². The highest BCUT2D eigenvalue weighted by Gasteiger charge is 2.23. The van der Waals surface area contributed by atoms with Crippen molar-refractivity contribution in [1.29, 1.82) is 0 Å². The van der Waals surface area contributed by atoms with Gasteiger partial charge >= 0.3 is 17.9 Å². The van der Waals surface area contributed by atoms with Crippen molar-refractivity contribution in [2.24, 2.45) is 5.73 Å². The van der Waals surface area contributed by atoms with Crippen molar-refractivity contribution in [3.05, 3.63) is 0 Å². The highest BCUT2D eigenvalue weighted by atomic mass is 16.6. The highest BCUT2D eigenvalue weighted by Crippen LogP contribution is 1.97. The molecule has 7 heteroatoms. The van der Waals surface area contributed by atoms with Crippen LogP contribution in [0.3, 0.4) is 0 Å². The van der Waals surface area contributed by atoms with Gasteiger partial charge in [0.2, 0.25) is 0 Å². The largest absolute Gasteiger partial charge is 0.481 e. The van der Waals surface area contributed by atoms with Crippen LogP contribution >= 0.6 is 0 Å². The van der Waals surface area contributed by atoms with Gasteiger partial charge in [-0.05, 0) is 6.92 Å². The van der Waals surface area contributed by atoms with Crippen LogP contribution < -0.4 is 5.73 Å². The van der Waals surface area contributed by atoms with Gasteiger partial charge in [-0.3, -0.25) is 9.59 Å². The lowest BCUT2D eigenvalue weighted by atomic mass is 10.2. The second kappa shape index (κ2) is 5.18. The molecule has 0 aromatic heterocycles.